The van der Waals surface area contributed by atoms with E-state index in [1.165, 1.54) is 23.5 Å². The summed E-state index contributed by atoms with van der Waals surface area (Å²) in [7, 11) is -2.01. The molecule has 0 aliphatic carbocycles. The molecule has 1 saturated heterocycles. The number of sulfonamides is 1. The van der Waals surface area contributed by atoms with Crippen molar-refractivity contribution in [2.75, 3.05) is 33.4 Å². The highest BCUT2D eigenvalue weighted by atomic mass is 35.5. The third kappa shape index (κ3) is 4.17. The Kier molecular flexibility index (Phi) is 7.21. The summed E-state index contributed by atoms with van der Waals surface area (Å²) >= 11 is 0. The summed E-state index contributed by atoms with van der Waals surface area (Å²) in [5, 5.41) is 2.54. The average Bonchev–Trinajstić information content (AvgIpc) is 2.47. The lowest BCUT2D eigenvalue weighted by Crippen LogP contribution is -2.51. The zero-order chi connectivity index (χ0) is 15.5. The number of piperazine rings is 1. The van der Waals surface area contributed by atoms with E-state index in [0.29, 0.717) is 25.2 Å². The summed E-state index contributed by atoms with van der Waals surface area (Å²) in [6.07, 6.45) is 0. The number of hydrogen-bond acceptors (Lipinski definition) is 4. The minimum absolute atomic E-state index is 0. The fourth-order valence-electron chi connectivity index (χ4n) is 2.54. The van der Waals surface area contributed by atoms with Crippen molar-refractivity contribution in [3.8, 4) is 0 Å². The van der Waals surface area contributed by atoms with Gasteiger partial charge in [0.05, 0.1) is 17.9 Å². The van der Waals surface area contributed by atoms with E-state index in [-0.39, 0.29) is 24.8 Å². The predicted molar refractivity (Wildman–Crippen MR) is 86.2 cm³/mol. The Morgan fingerprint density at radius 2 is 2.23 bits per heavy atom. The molecule has 1 N–H and O–H groups in total. The molecule has 0 amide bonds. The van der Waals surface area contributed by atoms with E-state index in [4.69, 9.17) is 4.74 Å². The molecule has 2 rings (SSSR count). The number of methoxy groups -OCH3 is 1. The average molecular weight is 353 g/mol. The fourth-order valence-corrected chi connectivity index (χ4v) is 4.21. The Morgan fingerprint density at radius 1 is 1.50 bits per heavy atom. The van der Waals surface area contributed by atoms with Gasteiger partial charge in [0.1, 0.15) is 5.82 Å². The maximum Gasteiger partial charge on any atom is 0.219 e. The van der Waals surface area contributed by atoms with Crippen LogP contribution in [0.1, 0.15) is 18.5 Å². The highest BCUT2D eigenvalue weighted by molar-refractivity contribution is 7.89. The van der Waals surface area contributed by atoms with E-state index in [9.17, 15) is 12.8 Å². The van der Waals surface area contributed by atoms with E-state index in [0.717, 1.165) is 0 Å². The zero-order valence-corrected chi connectivity index (χ0v) is 14.3. The van der Waals surface area contributed by atoms with Gasteiger partial charge in [0, 0.05) is 26.7 Å². The Balaban J connectivity index is 0.00000242. The van der Waals surface area contributed by atoms with E-state index in [1.807, 2.05) is 0 Å². The first-order chi connectivity index (χ1) is 9.96. The summed E-state index contributed by atoms with van der Waals surface area (Å²) in [6, 6.07) is 5.71. The minimum Gasteiger partial charge on any atom is -0.383 e. The van der Waals surface area contributed by atoms with Crippen LogP contribution in [0.15, 0.2) is 24.3 Å². The lowest BCUT2D eigenvalue weighted by atomic mass is 10.1. The number of ether oxygens (including phenoxy) is 1. The third-order valence-electron chi connectivity index (χ3n) is 3.66. The standard InChI is InChI=1S/C14H21FN2O3S.ClH/c1-11(10-20-2)21(18,19)17-7-6-16-9-14(17)12-4-3-5-13(15)8-12;/h3-5,8,11,14,16H,6-7,9-10H2,1-2H3;1H. The Bertz CT molecular complexity index is 585. The summed E-state index contributed by atoms with van der Waals surface area (Å²) < 4.78 is 45.2. The summed E-state index contributed by atoms with van der Waals surface area (Å²) in [6.45, 7) is 3.20. The van der Waals surface area contributed by atoms with E-state index in [1.54, 1.807) is 19.1 Å². The van der Waals surface area contributed by atoms with Crippen molar-refractivity contribution in [3.63, 3.8) is 0 Å². The highest BCUT2D eigenvalue weighted by Gasteiger charge is 2.36. The molecule has 0 bridgehead atoms. The van der Waals surface area contributed by atoms with Gasteiger partial charge in [0.2, 0.25) is 10.0 Å². The normalized spacial score (nSPS) is 21.1. The first kappa shape index (κ1) is 19.3. The molecule has 0 radical (unpaired) electrons. The lowest BCUT2D eigenvalue weighted by molar-refractivity contribution is 0.194. The Morgan fingerprint density at radius 3 is 2.86 bits per heavy atom. The van der Waals surface area contributed by atoms with Crippen molar-refractivity contribution in [2.24, 2.45) is 0 Å². The number of halogens is 2. The van der Waals surface area contributed by atoms with Gasteiger partial charge in [-0.3, -0.25) is 0 Å². The quantitative estimate of drug-likeness (QED) is 0.873. The second kappa shape index (κ2) is 8.21. The second-order valence-corrected chi connectivity index (χ2v) is 7.50. The van der Waals surface area contributed by atoms with Crippen LogP contribution in [0.4, 0.5) is 4.39 Å². The van der Waals surface area contributed by atoms with Crippen molar-refractivity contribution in [1.82, 2.24) is 9.62 Å². The van der Waals surface area contributed by atoms with Gasteiger partial charge in [-0.1, -0.05) is 12.1 Å². The van der Waals surface area contributed by atoms with Crippen LogP contribution in [0.2, 0.25) is 0 Å². The number of benzene rings is 1. The van der Waals surface area contributed by atoms with Crippen LogP contribution in [0.3, 0.4) is 0 Å². The van der Waals surface area contributed by atoms with Gasteiger partial charge in [-0.25, -0.2) is 12.8 Å². The molecule has 22 heavy (non-hydrogen) atoms. The largest absolute Gasteiger partial charge is 0.383 e. The zero-order valence-electron chi connectivity index (χ0n) is 12.7. The molecule has 1 aromatic carbocycles. The molecule has 2 atom stereocenters. The molecule has 5 nitrogen and oxygen atoms in total. The molecule has 1 fully saturated rings. The lowest BCUT2D eigenvalue weighted by Gasteiger charge is -2.37. The van der Waals surface area contributed by atoms with Gasteiger partial charge in [-0.2, -0.15) is 4.31 Å². The SMILES string of the molecule is COCC(C)S(=O)(=O)N1CCNCC1c1cccc(F)c1.Cl. The van der Waals surface area contributed by atoms with Gasteiger partial charge >= 0.3 is 0 Å². The molecule has 0 spiro atoms. The van der Waals surface area contributed by atoms with Crippen molar-refractivity contribution >= 4 is 22.4 Å². The Hall–Kier alpha value is -0.730. The highest BCUT2D eigenvalue weighted by Crippen LogP contribution is 2.27. The van der Waals surface area contributed by atoms with E-state index < -0.39 is 21.3 Å². The fraction of sp³-hybridized carbons (Fsp3) is 0.571. The van der Waals surface area contributed by atoms with Crippen LogP contribution in [0.5, 0.6) is 0 Å². The monoisotopic (exact) mass is 352 g/mol. The number of hydrogen-bond donors (Lipinski definition) is 1. The van der Waals surface area contributed by atoms with Crippen molar-refractivity contribution in [1.29, 1.82) is 0 Å². The van der Waals surface area contributed by atoms with Crippen molar-refractivity contribution < 1.29 is 17.5 Å². The van der Waals surface area contributed by atoms with Gasteiger partial charge in [-0.05, 0) is 24.6 Å². The van der Waals surface area contributed by atoms with Gasteiger partial charge in [0.15, 0.2) is 0 Å². The third-order valence-corrected chi connectivity index (χ3v) is 5.91. The minimum atomic E-state index is -3.49. The van der Waals surface area contributed by atoms with Gasteiger partial charge in [-0.15, -0.1) is 12.4 Å². The molecule has 2 unspecified atom stereocenters. The molecular formula is C14H22ClFN2O3S. The molecule has 0 aromatic heterocycles. The van der Waals surface area contributed by atoms with E-state index in [2.05, 4.69) is 5.32 Å². The predicted octanol–water partition coefficient (Wildman–Crippen LogP) is 1.56. The molecule has 126 valence electrons. The number of rotatable bonds is 5. The van der Waals surface area contributed by atoms with Crippen LogP contribution >= 0.6 is 12.4 Å². The second-order valence-electron chi connectivity index (χ2n) is 5.20. The summed E-state index contributed by atoms with van der Waals surface area (Å²) in [5.74, 6) is -0.361. The smallest absolute Gasteiger partial charge is 0.219 e. The summed E-state index contributed by atoms with van der Waals surface area (Å²) in [4.78, 5) is 0. The maximum absolute atomic E-state index is 13.4. The molecular weight excluding hydrogens is 331 g/mol. The summed E-state index contributed by atoms with van der Waals surface area (Å²) in [5.41, 5.74) is 0.662. The Labute approximate surface area is 137 Å². The maximum atomic E-state index is 13.4. The van der Waals surface area contributed by atoms with Gasteiger partial charge < -0.3 is 10.1 Å². The van der Waals surface area contributed by atoms with E-state index >= 15 is 0 Å². The molecule has 1 aliphatic rings. The van der Waals surface area contributed by atoms with Crippen LogP contribution in [-0.2, 0) is 14.8 Å². The molecule has 1 heterocycles. The first-order valence-electron chi connectivity index (χ1n) is 6.92. The topological polar surface area (TPSA) is 58.6 Å². The van der Waals surface area contributed by atoms with Crippen LogP contribution in [0.25, 0.3) is 0 Å². The van der Waals surface area contributed by atoms with Crippen molar-refractivity contribution in [3.05, 3.63) is 35.6 Å². The molecule has 1 aliphatic heterocycles. The number of nitrogens with one attached hydrogen (secondary N) is 1. The van der Waals surface area contributed by atoms with Gasteiger partial charge in [0.25, 0.3) is 0 Å². The molecule has 1 aromatic rings. The first-order valence-corrected chi connectivity index (χ1v) is 8.43. The van der Waals surface area contributed by atoms with Crippen LogP contribution in [-0.4, -0.2) is 51.3 Å². The van der Waals surface area contributed by atoms with Crippen molar-refractivity contribution in [2.45, 2.75) is 18.2 Å². The molecule has 0 saturated carbocycles. The van der Waals surface area contributed by atoms with Crippen LogP contribution < -0.4 is 5.32 Å². The molecule has 8 heteroatoms. The number of nitrogens with zero attached hydrogens (tertiary/aromatic N) is 1. The van der Waals surface area contributed by atoms with Crippen LogP contribution in [0, 0.1) is 5.82 Å².